The van der Waals surface area contributed by atoms with Crippen LogP contribution < -0.4 is 11.1 Å². The first-order valence-electron chi connectivity index (χ1n) is 6.06. The molecule has 0 atom stereocenters. The first-order chi connectivity index (χ1) is 8.98. The number of nitrogens with one attached hydrogen (secondary N) is 1. The van der Waals surface area contributed by atoms with Crippen LogP contribution in [0.4, 0.5) is 5.69 Å². The molecule has 0 unspecified atom stereocenters. The molecule has 0 bridgehead atoms. The molecule has 6 heteroatoms. The number of aromatic hydroxyl groups is 1. The van der Waals surface area contributed by atoms with Crippen LogP contribution in [0.15, 0.2) is 18.2 Å². The summed E-state index contributed by atoms with van der Waals surface area (Å²) in [6.07, 6.45) is 2.39. The van der Waals surface area contributed by atoms with Gasteiger partial charge in [0, 0.05) is 6.54 Å². The lowest BCUT2D eigenvalue weighted by molar-refractivity contribution is -0.129. The SMILES string of the molecule is NCC1(C(=O)Nc2ccc(O)cc2C(=O)O)CCC1. The van der Waals surface area contributed by atoms with E-state index >= 15 is 0 Å². The number of hydrogen-bond donors (Lipinski definition) is 4. The lowest BCUT2D eigenvalue weighted by Crippen LogP contribution is -2.47. The van der Waals surface area contributed by atoms with Crippen LogP contribution in [0.2, 0.25) is 0 Å². The van der Waals surface area contributed by atoms with Gasteiger partial charge < -0.3 is 21.3 Å². The number of hydrogen-bond acceptors (Lipinski definition) is 4. The number of carboxylic acid groups (broad SMARTS) is 1. The summed E-state index contributed by atoms with van der Waals surface area (Å²) in [5.41, 5.74) is 5.09. The average Bonchev–Trinajstić information content (AvgIpc) is 2.30. The van der Waals surface area contributed by atoms with Crippen molar-refractivity contribution in [1.29, 1.82) is 0 Å². The van der Waals surface area contributed by atoms with Crippen LogP contribution >= 0.6 is 0 Å². The van der Waals surface area contributed by atoms with E-state index in [0.717, 1.165) is 25.3 Å². The molecule has 0 saturated heterocycles. The Morgan fingerprint density at radius 2 is 2.05 bits per heavy atom. The van der Waals surface area contributed by atoms with E-state index in [1.54, 1.807) is 0 Å². The number of anilines is 1. The second kappa shape index (κ2) is 4.89. The number of nitrogens with two attached hydrogens (primary N) is 1. The van der Waals surface area contributed by atoms with Crippen molar-refractivity contribution in [2.24, 2.45) is 11.1 Å². The number of phenolic OH excluding ortho intramolecular Hbond substituents is 1. The fourth-order valence-electron chi connectivity index (χ4n) is 2.20. The van der Waals surface area contributed by atoms with Crippen LogP contribution in [0.3, 0.4) is 0 Å². The molecule has 5 N–H and O–H groups in total. The van der Waals surface area contributed by atoms with E-state index < -0.39 is 11.4 Å². The Morgan fingerprint density at radius 3 is 2.53 bits per heavy atom. The molecule has 2 rings (SSSR count). The van der Waals surface area contributed by atoms with Crippen LogP contribution in [-0.4, -0.2) is 28.6 Å². The minimum Gasteiger partial charge on any atom is -0.508 e. The molecule has 1 fully saturated rings. The molecule has 1 amide bonds. The molecule has 0 aromatic heterocycles. The predicted octanol–water partition coefficient (Wildman–Crippen LogP) is 1.16. The van der Waals surface area contributed by atoms with Crippen molar-refractivity contribution in [1.82, 2.24) is 0 Å². The van der Waals surface area contributed by atoms with Crippen LogP contribution in [0.25, 0.3) is 0 Å². The van der Waals surface area contributed by atoms with Crippen LogP contribution in [0.5, 0.6) is 5.75 Å². The van der Waals surface area contributed by atoms with E-state index in [4.69, 9.17) is 10.8 Å². The molecule has 1 aliphatic rings. The highest BCUT2D eigenvalue weighted by molar-refractivity contribution is 6.03. The second-order valence-corrected chi connectivity index (χ2v) is 4.83. The molecule has 1 aromatic rings. The van der Waals surface area contributed by atoms with Crippen LogP contribution in [0, 0.1) is 5.41 Å². The van der Waals surface area contributed by atoms with Gasteiger partial charge in [-0.25, -0.2) is 4.79 Å². The molecule has 102 valence electrons. The Hall–Kier alpha value is -2.08. The van der Waals surface area contributed by atoms with Crippen LogP contribution in [0.1, 0.15) is 29.6 Å². The van der Waals surface area contributed by atoms with Crippen molar-refractivity contribution in [3.8, 4) is 5.75 Å². The van der Waals surface area contributed by atoms with Gasteiger partial charge in [0.15, 0.2) is 0 Å². The highest BCUT2D eigenvalue weighted by Gasteiger charge is 2.43. The standard InChI is InChI=1S/C13H16N2O4/c14-7-13(4-1-5-13)12(19)15-10-3-2-8(16)6-9(10)11(17)18/h2-3,6,16H,1,4-5,7,14H2,(H,15,19)(H,17,18). The van der Waals surface area contributed by atoms with Gasteiger partial charge in [-0.15, -0.1) is 0 Å². The van der Waals surface area contributed by atoms with Gasteiger partial charge in [0.25, 0.3) is 0 Å². The Morgan fingerprint density at radius 1 is 1.37 bits per heavy atom. The van der Waals surface area contributed by atoms with Crippen molar-refractivity contribution in [2.75, 3.05) is 11.9 Å². The van der Waals surface area contributed by atoms with E-state index in [1.807, 2.05) is 0 Å². The number of carbonyl (C=O) groups excluding carboxylic acids is 1. The number of carbonyl (C=O) groups is 2. The molecule has 1 aromatic carbocycles. The van der Waals surface area contributed by atoms with E-state index in [9.17, 15) is 14.7 Å². The van der Waals surface area contributed by atoms with Crippen molar-refractivity contribution in [3.05, 3.63) is 23.8 Å². The van der Waals surface area contributed by atoms with Crippen molar-refractivity contribution < 1.29 is 19.8 Å². The first kappa shape index (κ1) is 13.4. The molecule has 0 spiro atoms. The summed E-state index contributed by atoms with van der Waals surface area (Å²) in [7, 11) is 0. The molecule has 1 saturated carbocycles. The van der Waals surface area contributed by atoms with Gasteiger partial charge in [-0.2, -0.15) is 0 Å². The maximum Gasteiger partial charge on any atom is 0.337 e. The third-order valence-corrected chi connectivity index (χ3v) is 3.66. The second-order valence-electron chi connectivity index (χ2n) is 4.83. The number of amides is 1. The summed E-state index contributed by atoms with van der Waals surface area (Å²) < 4.78 is 0. The Balaban J connectivity index is 2.24. The van der Waals surface area contributed by atoms with Gasteiger partial charge in [0.2, 0.25) is 5.91 Å². The number of carboxylic acids is 1. The lowest BCUT2D eigenvalue weighted by Gasteiger charge is -2.39. The van der Waals surface area contributed by atoms with Gasteiger partial charge in [0.05, 0.1) is 16.7 Å². The molecular weight excluding hydrogens is 248 g/mol. The number of aromatic carboxylic acids is 1. The summed E-state index contributed by atoms with van der Waals surface area (Å²) >= 11 is 0. The van der Waals surface area contributed by atoms with Crippen molar-refractivity contribution in [3.63, 3.8) is 0 Å². The van der Waals surface area contributed by atoms with Gasteiger partial charge >= 0.3 is 5.97 Å². The summed E-state index contributed by atoms with van der Waals surface area (Å²) in [5, 5.41) is 20.9. The highest BCUT2D eigenvalue weighted by atomic mass is 16.4. The normalized spacial score (nSPS) is 16.5. The van der Waals surface area contributed by atoms with E-state index in [1.165, 1.54) is 12.1 Å². The molecule has 19 heavy (non-hydrogen) atoms. The number of phenols is 1. The highest BCUT2D eigenvalue weighted by Crippen LogP contribution is 2.41. The fourth-order valence-corrected chi connectivity index (χ4v) is 2.20. The number of benzene rings is 1. The maximum atomic E-state index is 12.2. The first-order valence-corrected chi connectivity index (χ1v) is 6.06. The average molecular weight is 264 g/mol. The molecule has 0 heterocycles. The smallest absolute Gasteiger partial charge is 0.337 e. The largest absolute Gasteiger partial charge is 0.508 e. The lowest BCUT2D eigenvalue weighted by atomic mass is 9.68. The zero-order valence-electron chi connectivity index (χ0n) is 10.3. The molecule has 0 radical (unpaired) electrons. The van der Waals surface area contributed by atoms with Crippen molar-refractivity contribution in [2.45, 2.75) is 19.3 Å². The zero-order chi connectivity index (χ0) is 14.0. The molecule has 1 aliphatic carbocycles. The Labute approximate surface area is 110 Å². The predicted molar refractivity (Wildman–Crippen MR) is 69.0 cm³/mol. The van der Waals surface area contributed by atoms with E-state index in [-0.39, 0.29) is 29.5 Å². The monoisotopic (exact) mass is 264 g/mol. The van der Waals surface area contributed by atoms with E-state index in [0.29, 0.717) is 0 Å². The van der Waals surface area contributed by atoms with Gasteiger partial charge in [-0.3, -0.25) is 4.79 Å². The van der Waals surface area contributed by atoms with Gasteiger partial charge in [-0.1, -0.05) is 6.42 Å². The summed E-state index contributed by atoms with van der Waals surface area (Å²) in [6, 6.07) is 3.81. The Kier molecular flexibility index (Phi) is 3.44. The quantitative estimate of drug-likeness (QED) is 0.609. The minimum absolute atomic E-state index is 0.139. The zero-order valence-corrected chi connectivity index (χ0v) is 10.3. The van der Waals surface area contributed by atoms with Gasteiger partial charge in [-0.05, 0) is 31.0 Å². The van der Waals surface area contributed by atoms with Crippen LogP contribution in [-0.2, 0) is 4.79 Å². The summed E-state index contributed by atoms with van der Waals surface area (Å²) in [6.45, 7) is 0.249. The Bertz CT molecular complexity index is 518. The van der Waals surface area contributed by atoms with Crippen molar-refractivity contribution >= 4 is 17.6 Å². The number of rotatable bonds is 4. The topological polar surface area (TPSA) is 113 Å². The summed E-state index contributed by atoms with van der Waals surface area (Å²) in [5.74, 6) is -1.62. The molecular formula is C13H16N2O4. The maximum absolute atomic E-state index is 12.2. The van der Waals surface area contributed by atoms with Gasteiger partial charge in [0.1, 0.15) is 5.75 Å². The fraction of sp³-hybridized carbons (Fsp3) is 0.385. The third kappa shape index (κ3) is 2.39. The molecule has 0 aliphatic heterocycles. The third-order valence-electron chi connectivity index (χ3n) is 3.66. The minimum atomic E-state index is -1.21. The molecule has 6 nitrogen and oxygen atoms in total. The summed E-state index contributed by atoms with van der Waals surface area (Å²) in [4.78, 5) is 23.2. The van der Waals surface area contributed by atoms with E-state index in [2.05, 4.69) is 5.32 Å².